The molecule has 10 heavy (non-hydrogen) atoms. The number of anilines is 1. The summed E-state index contributed by atoms with van der Waals surface area (Å²) < 4.78 is 0. The molecule has 0 aliphatic rings. The lowest BCUT2D eigenvalue weighted by molar-refractivity contribution is 0.978. The summed E-state index contributed by atoms with van der Waals surface area (Å²) in [5, 5.41) is 3.08. The predicted molar refractivity (Wildman–Crippen MR) is 42.7 cm³/mol. The van der Waals surface area contributed by atoms with Gasteiger partial charge >= 0.3 is 0 Å². The van der Waals surface area contributed by atoms with Gasteiger partial charge in [-0.2, -0.15) is 0 Å². The first kappa shape index (κ1) is 7.06. The molecule has 0 saturated heterocycles. The second-order valence-corrected chi connectivity index (χ2v) is 2.26. The van der Waals surface area contributed by atoms with Crippen molar-refractivity contribution in [1.82, 2.24) is 4.98 Å². The Morgan fingerprint density at radius 1 is 1.60 bits per heavy atom. The number of hydrogen-bond donors (Lipinski definition) is 1. The van der Waals surface area contributed by atoms with E-state index in [1.54, 1.807) is 6.20 Å². The molecule has 0 amide bonds. The molecule has 0 fully saturated rings. The summed E-state index contributed by atoms with van der Waals surface area (Å²) in [6.45, 7) is 5.76. The molecule has 53 valence electrons. The summed E-state index contributed by atoms with van der Waals surface area (Å²) in [5.41, 5.74) is 0. The van der Waals surface area contributed by atoms with Gasteiger partial charge in [-0.15, -0.1) is 0 Å². The largest absolute Gasteiger partial charge is 0.368 e. The summed E-state index contributed by atoms with van der Waals surface area (Å²) in [6, 6.07) is 5.95. The second-order valence-electron chi connectivity index (χ2n) is 2.26. The molecule has 2 nitrogen and oxygen atoms in total. The van der Waals surface area contributed by atoms with Crippen LogP contribution in [0.2, 0.25) is 0 Å². The van der Waals surface area contributed by atoms with E-state index in [4.69, 9.17) is 0 Å². The van der Waals surface area contributed by atoms with Crippen LogP contribution in [-0.4, -0.2) is 11.0 Å². The van der Waals surface area contributed by atoms with Crippen LogP contribution in [0.25, 0.3) is 0 Å². The van der Waals surface area contributed by atoms with E-state index in [0.29, 0.717) is 0 Å². The first-order valence-electron chi connectivity index (χ1n) is 3.29. The van der Waals surface area contributed by atoms with Crippen molar-refractivity contribution in [2.45, 2.75) is 13.0 Å². The van der Waals surface area contributed by atoms with Crippen molar-refractivity contribution < 1.29 is 0 Å². The van der Waals surface area contributed by atoms with Gasteiger partial charge in [0, 0.05) is 12.2 Å². The average Bonchev–Trinajstić information content (AvgIpc) is 1.88. The molecular weight excluding hydrogens is 124 g/mol. The fourth-order valence-electron chi connectivity index (χ4n) is 0.701. The Morgan fingerprint density at radius 2 is 2.40 bits per heavy atom. The van der Waals surface area contributed by atoms with Crippen LogP contribution in [0.15, 0.2) is 24.4 Å². The van der Waals surface area contributed by atoms with Crippen LogP contribution >= 0.6 is 0 Å². The highest BCUT2D eigenvalue weighted by molar-refractivity contribution is 5.34. The fourth-order valence-corrected chi connectivity index (χ4v) is 0.701. The van der Waals surface area contributed by atoms with Gasteiger partial charge in [0.05, 0.1) is 0 Å². The number of nitrogens with zero attached hydrogens (tertiary/aromatic N) is 1. The Kier molecular flexibility index (Phi) is 2.26. The molecule has 0 aromatic carbocycles. The SMILES string of the molecule is [CH2][C@@H](C)Nc1ccccn1. The quantitative estimate of drug-likeness (QED) is 0.667. The van der Waals surface area contributed by atoms with E-state index < -0.39 is 0 Å². The molecule has 1 heterocycles. The van der Waals surface area contributed by atoms with Crippen molar-refractivity contribution in [2.75, 3.05) is 5.32 Å². The lowest BCUT2D eigenvalue weighted by Crippen LogP contribution is -2.10. The zero-order valence-electron chi connectivity index (χ0n) is 6.04. The van der Waals surface area contributed by atoms with E-state index >= 15 is 0 Å². The molecule has 0 unspecified atom stereocenters. The van der Waals surface area contributed by atoms with Crippen molar-refractivity contribution in [3.63, 3.8) is 0 Å². The number of pyridine rings is 1. The monoisotopic (exact) mass is 135 g/mol. The van der Waals surface area contributed by atoms with E-state index in [0.717, 1.165) is 5.82 Å². The summed E-state index contributed by atoms with van der Waals surface area (Å²) >= 11 is 0. The van der Waals surface area contributed by atoms with Gasteiger partial charge in [-0.25, -0.2) is 4.98 Å². The second kappa shape index (κ2) is 3.20. The van der Waals surface area contributed by atoms with E-state index in [9.17, 15) is 0 Å². The molecule has 1 atom stereocenters. The van der Waals surface area contributed by atoms with Gasteiger partial charge in [0.15, 0.2) is 0 Å². The number of rotatable bonds is 2. The molecule has 1 aromatic rings. The summed E-state index contributed by atoms with van der Waals surface area (Å²) in [7, 11) is 0. The fraction of sp³-hybridized carbons (Fsp3) is 0.250. The van der Waals surface area contributed by atoms with Crippen LogP contribution in [0, 0.1) is 6.92 Å². The third-order valence-electron chi connectivity index (χ3n) is 1.06. The van der Waals surface area contributed by atoms with Crippen LogP contribution in [0.4, 0.5) is 5.82 Å². The minimum Gasteiger partial charge on any atom is -0.368 e. The molecule has 0 spiro atoms. The maximum Gasteiger partial charge on any atom is 0.126 e. The van der Waals surface area contributed by atoms with Crippen molar-refractivity contribution in [2.24, 2.45) is 0 Å². The molecule has 1 radical (unpaired) electrons. The Hall–Kier alpha value is -1.05. The molecule has 0 aliphatic carbocycles. The summed E-state index contributed by atoms with van der Waals surface area (Å²) in [4.78, 5) is 4.07. The normalized spacial score (nSPS) is 9.90. The predicted octanol–water partition coefficient (Wildman–Crippen LogP) is 1.72. The molecule has 1 N–H and O–H groups in total. The molecular formula is C8H11N2. The minimum atomic E-state index is 0.204. The van der Waals surface area contributed by atoms with Crippen molar-refractivity contribution in [3.8, 4) is 0 Å². The highest BCUT2D eigenvalue weighted by atomic mass is 15.0. The molecule has 1 aromatic heterocycles. The third-order valence-corrected chi connectivity index (χ3v) is 1.06. The molecule has 0 saturated carbocycles. The Labute approximate surface area is 61.3 Å². The molecule has 1 rings (SSSR count). The Balaban J connectivity index is 2.59. The van der Waals surface area contributed by atoms with Crippen molar-refractivity contribution in [3.05, 3.63) is 31.3 Å². The number of hydrogen-bond acceptors (Lipinski definition) is 2. The molecule has 0 bridgehead atoms. The first-order valence-corrected chi connectivity index (χ1v) is 3.29. The third kappa shape index (κ3) is 2.05. The summed E-state index contributed by atoms with van der Waals surface area (Å²) in [5.74, 6) is 0.880. The highest BCUT2D eigenvalue weighted by Crippen LogP contribution is 2.00. The van der Waals surface area contributed by atoms with Crippen LogP contribution in [0.3, 0.4) is 0 Å². The van der Waals surface area contributed by atoms with Gasteiger partial charge in [-0.3, -0.25) is 0 Å². The van der Waals surface area contributed by atoms with E-state index in [-0.39, 0.29) is 6.04 Å². The van der Waals surface area contributed by atoms with Gasteiger partial charge in [-0.1, -0.05) is 6.07 Å². The van der Waals surface area contributed by atoms with E-state index in [1.165, 1.54) is 0 Å². The molecule has 0 aliphatic heterocycles. The number of aromatic nitrogens is 1. The zero-order valence-corrected chi connectivity index (χ0v) is 6.04. The Morgan fingerprint density at radius 3 is 2.90 bits per heavy atom. The lowest BCUT2D eigenvalue weighted by Gasteiger charge is -2.06. The van der Waals surface area contributed by atoms with Crippen LogP contribution in [0.5, 0.6) is 0 Å². The van der Waals surface area contributed by atoms with Crippen LogP contribution in [0.1, 0.15) is 6.92 Å². The topological polar surface area (TPSA) is 24.9 Å². The van der Waals surface area contributed by atoms with E-state index in [1.807, 2.05) is 25.1 Å². The van der Waals surface area contributed by atoms with Gasteiger partial charge in [0.2, 0.25) is 0 Å². The van der Waals surface area contributed by atoms with Gasteiger partial charge in [-0.05, 0) is 26.0 Å². The van der Waals surface area contributed by atoms with Crippen LogP contribution in [-0.2, 0) is 0 Å². The van der Waals surface area contributed by atoms with E-state index in [2.05, 4.69) is 17.2 Å². The average molecular weight is 135 g/mol. The minimum absolute atomic E-state index is 0.204. The molecule has 2 heteroatoms. The number of nitrogens with one attached hydrogen (secondary N) is 1. The standard InChI is InChI=1S/C8H11N2/c1-7(2)10-8-5-3-4-6-9-8/h3-7H,1H2,2H3,(H,9,10)/t7-/m0/s1. The lowest BCUT2D eigenvalue weighted by atomic mass is 10.4. The van der Waals surface area contributed by atoms with Gasteiger partial charge < -0.3 is 5.32 Å². The maximum absolute atomic E-state index is 4.07. The smallest absolute Gasteiger partial charge is 0.126 e. The van der Waals surface area contributed by atoms with Gasteiger partial charge in [0.25, 0.3) is 0 Å². The van der Waals surface area contributed by atoms with Gasteiger partial charge in [0.1, 0.15) is 5.82 Å². The maximum atomic E-state index is 4.07. The highest BCUT2D eigenvalue weighted by Gasteiger charge is 1.92. The van der Waals surface area contributed by atoms with Crippen LogP contribution < -0.4 is 5.32 Å². The Bertz CT molecular complexity index is 182. The van der Waals surface area contributed by atoms with Crippen molar-refractivity contribution in [1.29, 1.82) is 0 Å². The summed E-state index contributed by atoms with van der Waals surface area (Å²) in [6.07, 6.45) is 1.75. The first-order chi connectivity index (χ1) is 4.79. The zero-order chi connectivity index (χ0) is 7.40. The van der Waals surface area contributed by atoms with Crippen molar-refractivity contribution >= 4 is 5.82 Å².